The Morgan fingerprint density at radius 1 is 1.21 bits per heavy atom. The van der Waals surface area contributed by atoms with Crippen LogP contribution in [0.15, 0.2) is 35.4 Å². The third-order valence-electron chi connectivity index (χ3n) is 3.54. The molecule has 2 aromatic rings. The molecule has 2 aromatic carbocycles. The lowest BCUT2D eigenvalue weighted by Gasteiger charge is -2.08. The lowest BCUT2D eigenvalue weighted by atomic mass is 10.1. The Morgan fingerprint density at radius 3 is 2.50 bits per heavy atom. The van der Waals surface area contributed by atoms with Crippen molar-refractivity contribution in [3.05, 3.63) is 57.1 Å². The standard InChI is InChI=1S/C19H21N3O6/c1-4-27-17-9-14(8-16(19(17)24)22(25)26)10-20-21-18(23)11-28-15-6-12(2)5-13(3)7-15/h5-10,24H,4,11H2,1-3H3,(H,21,23). The summed E-state index contributed by atoms with van der Waals surface area (Å²) in [5, 5.41) is 24.6. The van der Waals surface area contributed by atoms with Crippen molar-refractivity contribution in [1.29, 1.82) is 0 Å². The number of aryl methyl sites for hydroxylation is 2. The second kappa shape index (κ2) is 9.36. The first-order chi connectivity index (χ1) is 13.3. The maximum absolute atomic E-state index is 11.9. The Hall–Kier alpha value is -3.62. The van der Waals surface area contributed by atoms with Gasteiger partial charge in [0.15, 0.2) is 12.4 Å². The molecule has 0 unspecified atom stereocenters. The summed E-state index contributed by atoms with van der Waals surface area (Å²) in [6.45, 7) is 5.52. The molecule has 0 saturated carbocycles. The van der Waals surface area contributed by atoms with E-state index in [9.17, 15) is 20.0 Å². The molecule has 2 N–H and O–H groups in total. The number of hydrogen-bond acceptors (Lipinski definition) is 7. The van der Waals surface area contributed by atoms with Gasteiger partial charge in [-0.1, -0.05) is 6.07 Å². The van der Waals surface area contributed by atoms with Gasteiger partial charge in [-0.05, 0) is 50.1 Å². The number of hydrogen-bond donors (Lipinski definition) is 2. The quantitative estimate of drug-likeness (QED) is 0.408. The topological polar surface area (TPSA) is 123 Å². The summed E-state index contributed by atoms with van der Waals surface area (Å²) in [6, 6.07) is 8.13. The van der Waals surface area contributed by atoms with Crippen molar-refractivity contribution in [2.45, 2.75) is 20.8 Å². The van der Waals surface area contributed by atoms with E-state index in [1.807, 2.05) is 32.0 Å². The minimum atomic E-state index is -0.731. The van der Waals surface area contributed by atoms with Gasteiger partial charge in [-0.15, -0.1) is 0 Å². The van der Waals surface area contributed by atoms with Crippen LogP contribution in [0, 0.1) is 24.0 Å². The zero-order valence-electron chi connectivity index (χ0n) is 15.8. The third kappa shape index (κ3) is 5.70. The van der Waals surface area contributed by atoms with Crippen LogP contribution in [0.2, 0.25) is 0 Å². The van der Waals surface area contributed by atoms with Crippen molar-refractivity contribution in [2.75, 3.05) is 13.2 Å². The molecule has 0 bridgehead atoms. The highest BCUT2D eigenvalue weighted by Gasteiger charge is 2.19. The number of benzene rings is 2. The minimum absolute atomic E-state index is 0.0392. The number of nitrogens with zero attached hydrogens (tertiary/aromatic N) is 2. The Bertz CT molecular complexity index is 891. The summed E-state index contributed by atoms with van der Waals surface area (Å²) >= 11 is 0. The van der Waals surface area contributed by atoms with Crippen LogP contribution in [0.3, 0.4) is 0 Å². The Balaban J connectivity index is 2.01. The van der Waals surface area contributed by atoms with Gasteiger partial charge < -0.3 is 14.6 Å². The number of nitro benzene ring substituents is 1. The molecule has 0 atom stereocenters. The molecule has 28 heavy (non-hydrogen) atoms. The molecule has 0 fully saturated rings. The summed E-state index contributed by atoms with van der Waals surface area (Å²) in [5.41, 5.74) is 4.08. The summed E-state index contributed by atoms with van der Waals surface area (Å²) in [7, 11) is 0. The van der Waals surface area contributed by atoms with Gasteiger partial charge in [0, 0.05) is 11.6 Å². The van der Waals surface area contributed by atoms with E-state index in [-0.39, 0.29) is 24.5 Å². The highest BCUT2D eigenvalue weighted by Crippen LogP contribution is 2.36. The molecule has 1 amide bonds. The second-order valence-electron chi connectivity index (χ2n) is 5.98. The zero-order valence-corrected chi connectivity index (χ0v) is 15.8. The smallest absolute Gasteiger partial charge is 0.315 e. The SMILES string of the molecule is CCOc1cc(C=NNC(=O)COc2cc(C)cc(C)c2)cc([N+](=O)[O-])c1O. The summed E-state index contributed by atoms with van der Waals surface area (Å²) in [5.74, 6) is -0.515. The van der Waals surface area contributed by atoms with Crippen molar-refractivity contribution >= 4 is 17.8 Å². The number of rotatable bonds is 8. The van der Waals surface area contributed by atoms with Gasteiger partial charge in [0.25, 0.3) is 5.91 Å². The minimum Gasteiger partial charge on any atom is -0.500 e. The van der Waals surface area contributed by atoms with E-state index in [4.69, 9.17) is 9.47 Å². The first kappa shape index (κ1) is 20.7. The fourth-order valence-electron chi connectivity index (χ4n) is 2.47. The fraction of sp³-hybridized carbons (Fsp3) is 0.263. The van der Waals surface area contributed by atoms with Crippen molar-refractivity contribution in [2.24, 2.45) is 5.10 Å². The number of amides is 1. The van der Waals surface area contributed by atoms with Gasteiger partial charge >= 0.3 is 5.69 Å². The lowest BCUT2D eigenvalue weighted by Crippen LogP contribution is -2.24. The monoisotopic (exact) mass is 387 g/mol. The van der Waals surface area contributed by atoms with Crippen LogP contribution in [0.4, 0.5) is 5.69 Å². The van der Waals surface area contributed by atoms with E-state index in [1.165, 1.54) is 12.3 Å². The molecule has 2 rings (SSSR count). The van der Waals surface area contributed by atoms with Gasteiger partial charge in [0.05, 0.1) is 17.7 Å². The molecule has 0 heterocycles. The van der Waals surface area contributed by atoms with Gasteiger partial charge in [0.2, 0.25) is 5.75 Å². The van der Waals surface area contributed by atoms with Crippen LogP contribution in [-0.2, 0) is 4.79 Å². The normalized spacial score (nSPS) is 10.7. The van der Waals surface area contributed by atoms with Crippen molar-refractivity contribution < 1.29 is 24.3 Å². The molecule has 0 aliphatic heterocycles. The highest BCUT2D eigenvalue weighted by atomic mass is 16.6. The van der Waals surface area contributed by atoms with Gasteiger partial charge in [-0.3, -0.25) is 14.9 Å². The predicted molar refractivity (Wildman–Crippen MR) is 103 cm³/mol. The first-order valence-electron chi connectivity index (χ1n) is 8.47. The van der Waals surface area contributed by atoms with Crippen LogP contribution in [-0.4, -0.2) is 35.4 Å². The van der Waals surface area contributed by atoms with Crippen molar-refractivity contribution in [3.63, 3.8) is 0 Å². The second-order valence-corrected chi connectivity index (χ2v) is 5.98. The van der Waals surface area contributed by atoms with Crippen LogP contribution in [0.1, 0.15) is 23.6 Å². The van der Waals surface area contributed by atoms with Gasteiger partial charge in [-0.2, -0.15) is 5.10 Å². The summed E-state index contributed by atoms with van der Waals surface area (Å²) in [4.78, 5) is 22.2. The van der Waals surface area contributed by atoms with E-state index in [0.717, 1.165) is 17.2 Å². The number of aromatic hydroxyl groups is 1. The zero-order chi connectivity index (χ0) is 20.7. The van der Waals surface area contributed by atoms with Crippen LogP contribution in [0.5, 0.6) is 17.2 Å². The molecule has 0 aromatic heterocycles. The molecule has 9 nitrogen and oxygen atoms in total. The van der Waals surface area contributed by atoms with Crippen LogP contribution >= 0.6 is 0 Å². The Labute approximate surface area is 161 Å². The molecular formula is C19H21N3O6. The number of phenols is 1. The maximum atomic E-state index is 11.9. The average Bonchev–Trinajstić information content (AvgIpc) is 2.61. The predicted octanol–water partition coefficient (Wildman–Crippen LogP) is 2.85. The highest BCUT2D eigenvalue weighted by molar-refractivity contribution is 5.85. The number of carbonyl (C=O) groups is 1. The van der Waals surface area contributed by atoms with E-state index in [2.05, 4.69) is 10.5 Å². The van der Waals surface area contributed by atoms with E-state index < -0.39 is 22.3 Å². The lowest BCUT2D eigenvalue weighted by molar-refractivity contribution is -0.386. The Kier molecular flexibility index (Phi) is 6.91. The number of hydrazone groups is 1. The number of carbonyl (C=O) groups excluding carboxylic acids is 1. The molecule has 0 radical (unpaired) electrons. The van der Waals surface area contributed by atoms with Crippen LogP contribution < -0.4 is 14.9 Å². The van der Waals surface area contributed by atoms with E-state index >= 15 is 0 Å². The first-order valence-corrected chi connectivity index (χ1v) is 8.47. The van der Waals surface area contributed by atoms with E-state index in [0.29, 0.717) is 5.75 Å². The average molecular weight is 387 g/mol. The van der Waals surface area contributed by atoms with Gasteiger partial charge in [0.1, 0.15) is 5.75 Å². The van der Waals surface area contributed by atoms with E-state index in [1.54, 1.807) is 6.92 Å². The molecule has 0 aliphatic carbocycles. The van der Waals surface area contributed by atoms with Crippen molar-refractivity contribution in [1.82, 2.24) is 5.43 Å². The third-order valence-corrected chi connectivity index (χ3v) is 3.54. The molecular weight excluding hydrogens is 366 g/mol. The van der Waals surface area contributed by atoms with Crippen LogP contribution in [0.25, 0.3) is 0 Å². The van der Waals surface area contributed by atoms with Gasteiger partial charge in [-0.25, -0.2) is 5.43 Å². The fourth-order valence-corrected chi connectivity index (χ4v) is 2.47. The number of ether oxygens (including phenoxy) is 2. The maximum Gasteiger partial charge on any atom is 0.315 e. The molecule has 0 aliphatic rings. The largest absolute Gasteiger partial charge is 0.500 e. The molecule has 0 spiro atoms. The number of phenolic OH excluding ortho intramolecular Hbond substituents is 1. The van der Waals surface area contributed by atoms with Crippen molar-refractivity contribution in [3.8, 4) is 17.2 Å². The summed E-state index contributed by atoms with van der Waals surface area (Å²) < 4.78 is 10.6. The molecule has 148 valence electrons. The summed E-state index contributed by atoms with van der Waals surface area (Å²) in [6.07, 6.45) is 1.21. The number of nitrogens with one attached hydrogen (secondary N) is 1. The molecule has 9 heteroatoms. The molecule has 0 saturated heterocycles. The number of nitro groups is 1. The Morgan fingerprint density at radius 2 is 1.89 bits per heavy atom.